The minimum Gasteiger partial charge on any atom is -0.364 e. The maximum absolute atomic E-state index is 10.8. The van der Waals surface area contributed by atoms with Gasteiger partial charge in [0, 0.05) is 19.9 Å². The van der Waals surface area contributed by atoms with E-state index in [1.807, 2.05) is 0 Å². The number of nitro groups is 1. The van der Waals surface area contributed by atoms with Crippen LogP contribution in [-0.4, -0.2) is 31.6 Å². The first-order valence-electron chi connectivity index (χ1n) is 5.26. The molecule has 0 aliphatic carbocycles. The van der Waals surface area contributed by atoms with E-state index in [1.165, 1.54) is 0 Å². The highest BCUT2D eigenvalue weighted by Gasteiger charge is 2.16. The molecule has 0 saturated heterocycles. The summed E-state index contributed by atoms with van der Waals surface area (Å²) in [4.78, 5) is 21.5. The van der Waals surface area contributed by atoms with Crippen molar-refractivity contribution in [2.75, 3.05) is 11.9 Å². The lowest BCUT2D eigenvalue weighted by Gasteiger charge is -2.04. The van der Waals surface area contributed by atoms with E-state index in [9.17, 15) is 10.1 Å². The molecule has 0 radical (unpaired) electrons. The molecule has 2 aromatic heterocycles. The normalized spacial score (nSPS) is 10.4. The second-order valence-corrected chi connectivity index (χ2v) is 3.87. The molecule has 100 valence electrons. The summed E-state index contributed by atoms with van der Waals surface area (Å²) < 4.78 is 4.80. The van der Waals surface area contributed by atoms with Crippen LogP contribution in [0.4, 0.5) is 11.5 Å². The summed E-state index contributed by atoms with van der Waals surface area (Å²) in [5.41, 5.74) is -0.242. The van der Waals surface area contributed by atoms with E-state index in [-0.39, 0.29) is 16.8 Å². The quantitative estimate of drug-likeness (QED) is 0.497. The van der Waals surface area contributed by atoms with E-state index in [1.54, 1.807) is 6.92 Å². The number of anilines is 1. The van der Waals surface area contributed by atoms with E-state index < -0.39 is 4.92 Å². The van der Waals surface area contributed by atoms with Gasteiger partial charge in [-0.05, 0) is 11.6 Å². The van der Waals surface area contributed by atoms with E-state index in [0.29, 0.717) is 24.7 Å². The molecule has 0 aliphatic heterocycles. The molecule has 0 aliphatic rings. The van der Waals surface area contributed by atoms with Crippen LogP contribution in [0, 0.1) is 17.0 Å². The van der Waals surface area contributed by atoms with Crippen LogP contribution in [0.15, 0.2) is 10.7 Å². The Kier molecular flexibility index (Phi) is 3.85. The van der Waals surface area contributed by atoms with Crippen molar-refractivity contribution in [2.24, 2.45) is 0 Å². The minimum atomic E-state index is -0.586. The van der Waals surface area contributed by atoms with Gasteiger partial charge in [-0.3, -0.25) is 10.1 Å². The molecular formula is C9H9ClN6O3. The third-order valence-corrected chi connectivity index (χ3v) is 2.33. The van der Waals surface area contributed by atoms with Gasteiger partial charge in [-0.2, -0.15) is 9.97 Å². The number of aryl methyl sites for hydroxylation is 1. The molecule has 0 atom stereocenters. The van der Waals surface area contributed by atoms with Gasteiger partial charge in [-0.1, -0.05) is 5.16 Å². The topological polar surface area (TPSA) is 120 Å². The Hall–Kier alpha value is -2.29. The summed E-state index contributed by atoms with van der Waals surface area (Å²) in [6, 6.07) is 0. The average Bonchev–Trinajstić information content (AvgIpc) is 2.75. The molecule has 0 saturated carbocycles. The number of rotatable bonds is 5. The molecule has 0 spiro atoms. The van der Waals surface area contributed by atoms with Gasteiger partial charge in [-0.15, -0.1) is 0 Å². The van der Waals surface area contributed by atoms with Gasteiger partial charge >= 0.3 is 5.69 Å². The van der Waals surface area contributed by atoms with Gasteiger partial charge in [-0.25, -0.2) is 4.98 Å². The Morgan fingerprint density at radius 1 is 1.53 bits per heavy atom. The Labute approximate surface area is 112 Å². The summed E-state index contributed by atoms with van der Waals surface area (Å²) in [5.74, 6) is 1.03. The fourth-order valence-corrected chi connectivity index (χ4v) is 1.49. The highest BCUT2D eigenvalue weighted by molar-refractivity contribution is 6.28. The Bertz CT molecular complexity index is 601. The second kappa shape index (κ2) is 5.57. The monoisotopic (exact) mass is 284 g/mol. The number of nitrogens with one attached hydrogen (secondary N) is 1. The van der Waals surface area contributed by atoms with Gasteiger partial charge in [0.2, 0.25) is 17.0 Å². The van der Waals surface area contributed by atoms with Crippen molar-refractivity contribution < 1.29 is 9.45 Å². The van der Waals surface area contributed by atoms with Gasteiger partial charge in [0.1, 0.15) is 6.20 Å². The molecule has 2 rings (SSSR count). The zero-order chi connectivity index (χ0) is 13.8. The van der Waals surface area contributed by atoms with Crippen molar-refractivity contribution in [1.82, 2.24) is 20.1 Å². The zero-order valence-corrected chi connectivity index (χ0v) is 10.6. The van der Waals surface area contributed by atoms with Crippen molar-refractivity contribution in [3.8, 4) is 0 Å². The van der Waals surface area contributed by atoms with Gasteiger partial charge in [0.05, 0.1) is 4.92 Å². The predicted molar refractivity (Wildman–Crippen MR) is 64.9 cm³/mol. The smallest absolute Gasteiger partial charge is 0.329 e. The number of nitrogens with zero attached hydrogens (tertiary/aromatic N) is 5. The summed E-state index contributed by atoms with van der Waals surface area (Å²) in [6.07, 6.45) is 1.49. The molecule has 9 nitrogen and oxygen atoms in total. The van der Waals surface area contributed by atoms with Crippen LogP contribution >= 0.6 is 11.6 Å². The Morgan fingerprint density at radius 2 is 2.32 bits per heavy atom. The zero-order valence-electron chi connectivity index (χ0n) is 9.83. The molecular weight excluding hydrogens is 276 g/mol. The molecule has 2 heterocycles. The van der Waals surface area contributed by atoms with Crippen LogP contribution in [0.1, 0.15) is 11.7 Å². The number of hydrogen-bond donors (Lipinski definition) is 1. The highest BCUT2D eigenvalue weighted by atomic mass is 35.5. The van der Waals surface area contributed by atoms with Crippen molar-refractivity contribution in [1.29, 1.82) is 0 Å². The second-order valence-electron chi connectivity index (χ2n) is 3.54. The number of halogens is 1. The number of aromatic nitrogens is 4. The third-order valence-electron chi connectivity index (χ3n) is 2.15. The molecule has 1 N–H and O–H groups in total. The first-order chi connectivity index (χ1) is 9.06. The van der Waals surface area contributed by atoms with Crippen LogP contribution in [0.3, 0.4) is 0 Å². The summed E-state index contributed by atoms with van der Waals surface area (Å²) in [6.45, 7) is 2.03. The highest BCUT2D eigenvalue weighted by Crippen LogP contribution is 2.21. The lowest BCUT2D eigenvalue weighted by Crippen LogP contribution is -2.10. The summed E-state index contributed by atoms with van der Waals surface area (Å²) >= 11 is 5.60. The lowest BCUT2D eigenvalue weighted by atomic mass is 10.4. The van der Waals surface area contributed by atoms with E-state index in [2.05, 4.69) is 25.4 Å². The molecule has 10 heteroatoms. The maximum atomic E-state index is 10.8. The van der Waals surface area contributed by atoms with Gasteiger partial charge in [0.15, 0.2) is 5.82 Å². The Morgan fingerprint density at radius 3 is 2.95 bits per heavy atom. The molecule has 2 aromatic rings. The van der Waals surface area contributed by atoms with Crippen molar-refractivity contribution >= 4 is 23.1 Å². The standard InChI is InChI=1S/C9H9ClN6O3/c1-5-13-7(15-19-5)2-3-11-8-6(16(17)18)4-12-9(10)14-8/h4H,2-3H2,1H3,(H,11,12,14). The number of hydrogen-bond acceptors (Lipinski definition) is 8. The van der Waals surface area contributed by atoms with Crippen LogP contribution in [0.2, 0.25) is 5.28 Å². The summed E-state index contributed by atoms with van der Waals surface area (Å²) in [5, 5.41) is 17.2. The summed E-state index contributed by atoms with van der Waals surface area (Å²) in [7, 11) is 0. The predicted octanol–water partition coefficient (Wildman–Crippen LogP) is 1.38. The maximum Gasteiger partial charge on any atom is 0.329 e. The van der Waals surface area contributed by atoms with Crippen LogP contribution in [0.25, 0.3) is 0 Å². The fourth-order valence-electron chi connectivity index (χ4n) is 1.35. The SMILES string of the molecule is Cc1nc(CCNc2nc(Cl)ncc2[N+](=O)[O-])no1. The van der Waals surface area contributed by atoms with Crippen molar-refractivity contribution in [3.63, 3.8) is 0 Å². The van der Waals surface area contributed by atoms with E-state index >= 15 is 0 Å². The van der Waals surface area contributed by atoms with E-state index in [0.717, 1.165) is 6.20 Å². The molecule has 0 amide bonds. The van der Waals surface area contributed by atoms with Crippen LogP contribution < -0.4 is 5.32 Å². The fraction of sp³-hybridized carbons (Fsp3) is 0.333. The molecule has 0 unspecified atom stereocenters. The van der Waals surface area contributed by atoms with Crippen LogP contribution in [-0.2, 0) is 6.42 Å². The molecule has 0 aromatic carbocycles. The van der Waals surface area contributed by atoms with Crippen molar-refractivity contribution in [3.05, 3.63) is 33.3 Å². The van der Waals surface area contributed by atoms with Crippen molar-refractivity contribution in [2.45, 2.75) is 13.3 Å². The first kappa shape index (κ1) is 13.1. The minimum absolute atomic E-state index is 0.0604. The van der Waals surface area contributed by atoms with Gasteiger partial charge < -0.3 is 9.84 Å². The molecule has 19 heavy (non-hydrogen) atoms. The molecule has 0 fully saturated rings. The largest absolute Gasteiger partial charge is 0.364 e. The van der Waals surface area contributed by atoms with E-state index in [4.69, 9.17) is 16.1 Å². The Balaban J connectivity index is 2.02. The average molecular weight is 285 g/mol. The first-order valence-corrected chi connectivity index (χ1v) is 5.64. The third kappa shape index (κ3) is 3.35. The lowest BCUT2D eigenvalue weighted by molar-refractivity contribution is -0.384. The van der Waals surface area contributed by atoms with Gasteiger partial charge in [0.25, 0.3) is 0 Å². The molecule has 0 bridgehead atoms. The van der Waals surface area contributed by atoms with Crippen LogP contribution in [0.5, 0.6) is 0 Å².